The second kappa shape index (κ2) is 5.61. The molecular formula is C19H19IO2. The summed E-state index contributed by atoms with van der Waals surface area (Å²) in [4.78, 5) is 0. The van der Waals surface area contributed by atoms with Crippen molar-refractivity contribution in [3.8, 4) is 0 Å². The van der Waals surface area contributed by atoms with Crippen LogP contribution in [0.3, 0.4) is 0 Å². The fourth-order valence-corrected chi connectivity index (χ4v) is 3.29. The predicted molar refractivity (Wildman–Crippen MR) is 96.4 cm³/mol. The zero-order valence-electron chi connectivity index (χ0n) is 13.0. The molecule has 1 aliphatic rings. The molecule has 0 amide bonds. The van der Waals surface area contributed by atoms with Crippen molar-refractivity contribution >= 4 is 22.6 Å². The van der Waals surface area contributed by atoms with Crippen molar-refractivity contribution in [1.29, 1.82) is 0 Å². The third kappa shape index (κ3) is 2.62. The average Bonchev–Trinajstić information content (AvgIpc) is 2.98. The first-order valence-electron chi connectivity index (χ1n) is 7.30. The standard InChI is InChI=1S/C19H19IO2/c1-18(2,3)15-9-10-17(20)16(13-15)19(21-11-12-22-19)14-7-5-4-6-8-14/h4-13H,1-3H3. The van der Waals surface area contributed by atoms with Gasteiger partial charge in [0, 0.05) is 9.13 Å². The monoisotopic (exact) mass is 406 g/mol. The first-order chi connectivity index (χ1) is 10.4. The molecule has 3 heteroatoms. The van der Waals surface area contributed by atoms with Crippen LogP contribution < -0.4 is 0 Å². The SMILES string of the molecule is CC(C)(C)c1ccc(I)c(C2(c3ccccc3)OC=CO2)c1. The topological polar surface area (TPSA) is 18.5 Å². The molecule has 3 rings (SSSR count). The molecule has 0 atom stereocenters. The number of rotatable bonds is 2. The first kappa shape index (κ1) is 15.4. The van der Waals surface area contributed by atoms with Gasteiger partial charge >= 0.3 is 5.79 Å². The molecule has 0 unspecified atom stereocenters. The smallest absolute Gasteiger partial charge is 0.305 e. The maximum atomic E-state index is 5.95. The van der Waals surface area contributed by atoms with E-state index < -0.39 is 5.79 Å². The van der Waals surface area contributed by atoms with E-state index in [2.05, 4.69) is 61.6 Å². The first-order valence-corrected chi connectivity index (χ1v) is 8.38. The minimum atomic E-state index is -0.890. The van der Waals surface area contributed by atoms with Gasteiger partial charge in [0.15, 0.2) is 0 Å². The third-order valence-electron chi connectivity index (χ3n) is 3.86. The molecule has 0 N–H and O–H groups in total. The van der Waals surface area contributed by atoms with E-state index in [1.54, 1.807) is 12.5 Å². The zero-order chi connectivity index (χ0) is 15.8. The molecule has 1 aliphatic heterocycles. The van der Waals surface area contributed by atoms with E-state index >= 15 is 0 Å². The van der Waals surface area contributed by atoms with Crippen molar-refractivity contribution in [1.82, 2.24) is 0 Å². The molecule has 0 radical (unpaired) electrons. The van der Waals surface area contributed by atoms with Gasteiger partial charge in [-0.05, 0) is 45.7 Å². The number of hydrogen-bond donors (Lipinski definition) is 0. The highest BCUT2D eigenvalue weighted by molar-refractivity contribution is 14.1. The Morgan fingerprint density at radius 1 is 0.909 bits per heavy atom. The highest BCUT2D eigenvalue weighted by Gasteiger charge is 2.42. The van der Waals surface area contributed by atoms with Crippen molar-refractivity contribution in [2.75, 3.05) is 0 Å². The summed E-state index contributed by atoms with van der Waals surface area (Å²) in [5, 5.41) is 0. The molecule has 1 heterocycles. The molecule has 0 aromatic heterocycles. The van der Waals surface area contributed by atoms with Gasteiger partial charge in [-0.1, -0.05) is 57.2 Å². The molecular weight excluding hydrogens is 387 g/mol. The van der Waals surface area contributed by atoms with E-state index in [4.69, 9.17) is 9.47 Å². The molecule has 0 fully saturated rings. The summed E-state index contributed by atoms with van der Waals surface area (Å²) in [6.45, 7) is 6.63. The van der Waals surface area contributed by atoms with Gasteiger partial charge < -0.3 is 9.47 Å². The van der Waals surface area contributed by atoms with Crippen molar-refractivity contribution < 1.29 is 9.47 Å². The van der Waals surface area contributed by atoms with Crippen molar-refractivity contribution in [3.63, 3.8) is 0 Å². The summed E-state index contributed by atoms with van der Waals surface area (Å²) in [5.74, 6) is -0.890. The molecule has 0 saturated carbocycles. The molecule has 0 aliphatic carbocycles. The van der Waals surface area contributed by atoms with Crippen LogP contribution in [0.1, 0.15) is 37.5 Å². The largest absolute Gasteiger partial charge is 0.449 e. The van der Waals surface area contributed by atoms with E-state index in [1.807, 2.05) is 30.3 Å². The quantitative estimate of drug-likeness (QED) is 0.630. The van der Waals surface area contributed by atoms with Gasteiger partial charge in [0.05, 0.1) is 5.56 Å². The maximum Gasteiger partial charge on any atom is 0.305 e. The van der Waals surface area contributed by atoms with Crippen LogP contribution >= 0.6 is 22.6 Å². The molecule has 22 heavy (non-hydrogen) atoms. The summed E-state index contributed by atoms with van der Waals surface area (Å²) in [5.41, 5.74) is 3.36. The summed E-state index contributed by atoms with van der Waals surface area (Å²) in [7, 11) is 0. The molecule has 2 aromatic carbocycles. The second-order valence-corrected chi connectivity index (χ2v) is 7.60. The van der Waals surface area contributed by atoms with Gasteiger partial charge in [-0.25, -0.2) is 0 Å². The van der Waals surface area contributed by atoms with E-state index in [1.165, 1.54) is 5.56 Å². The number of benzene rings is 2. The average molecular weight is 406 g/mol. The van der Waals surface area contributed by atoms with Crippen LogP contribution in [0, 0.1) is 3.57 Å². The fourth-order valence-electron chi connectivity index (χ4n) is 2.60. The Morgan fingerprint density at radius 3 is 2.14 bits per heavy atom. The van der Waals surface area contributed by atoms with Crippen LogP contribution in [0.4, 0.5) is 0 Å². The maximum absolute atomic E-state index is 5.95. The van der Waals surface area contributed by atoms with E-state index in [-0.39, 0.29) is 5.41 Å². The summed E-state index contributed by atoms with van der Waals surface area (Å²) < 4.78 is 13.0. The Balaban J connectivity index is 2.18. The van der Waals surface area contributed by atoms with E-state index in [9.17, 15) is 0 Å². The molecule has 2 nitrogen and oxygen atoms in total. The van der Waals surface area contributed by atoms with Gasteiger partial charge in [0.25, 0.3) is 0 Å². The van der Waals surface area contributed by atoms with Crippen molar-refractivity contribution in [2.24, 2.45) is 0 Å². The predicted octanol–water partition coefficient (Wildman–Crippen LogP) is 5.31. The Hall–Kier alpha value is -1.49. The Bertz CT molecular complexity index is 691. The summed E-state index contributed by atoms with van der Waals surface area (Å²) in [6, 6.07) is 16.6. The number of ether oxygens (including phenoxy) is 2. The zero-order valence-corrected chi connectivity index (χ0v) is 15.1. The summed E-state index contributed by atoms with van der Waals surface area (Å²) in [6.07, 6.45) is 3.24. The lowest BCUT2D eigenvalue weighted by Gasteiger charge is -2.31. The Kier molecular flexibility index (Phi) is 3.93. The third-order valence-corrected chi connectivity index (χ3v) is 4.81. The van der Waals surface area contributed by atoms with Crippen molar-refractivity contribution in [2.45, 2.75) is 32.0 Å². The van der Waals surface area contributed by atoms with Crippen LogP contribution in [-0.2, 0) is 20.7 Å². The number of halogens is 1. The highest BCUT2D eigenvalue weighted by Crippen LogP contribution is 2.42. The lowest BCUT2D eigenvalue weighted by Crippen LogP contribution is -2.30. The summed E-state index contributed by atoms with van der Waals surface area (Å²) >= 11 is 2.34. The normalized spacial score (nSPS) is 16.2. The van der Waals surface area contributed by atoms with Crippen LogP contribution in [0.5, 0.6) is 0 Å². The lowest BCUT2D eigenvalue weighted by molar-refractivity contribution is -0.113. The minimum Gasteiger partial charge on any atom is -0.449 e. The van der Waals surface area contributed by atoms with Crippen LogP contribution in [0.25, 0.3) is 0 Å². The molecule has 0 spiro atoms. The van der Waals surface area contributed by atoms with Gasteiger partial charge in [0.1, 0.15) is 12.5 Å². The molecule has 0 saturated heterocycles. The lowest BCUT2D eigenvalue weighted by atomic mass is 9.84. The fraction of sp³-hybridized carbons (Fsp3) is 0.263. The Labute approximate surface area is 145 Å². The van der Waals surface area contributed by atoms with Crippen LogP contribution in [-0.4, -0.2) is 0 Å². The van der Waals surface area contributed by atoms with Gasteiger partial charge in [0.2, 0.25) is 0 Å². The van der Waals surface area contributed by atoms with Crippen molar-refractivity contribution in [3.05, 3.63) is 81.3 Å². The van der Waals surface area contributed by atoms with Gasteiger partial charge in [-0.2, -0.15) is 0 Å². The second-order valence-electron chi connectivity index (χ2n) is 6.44. The van der Waals surface area contributed by atoms with E-state index in [0.29, 0.717) is 0 Å². The Morgan fingerprint density at radius 2 is 1.55 bits per heavy atom. The van der Waals surface area contributed by atoms with Gasteiger partial charge in [-0.3, -0.25) is 0 Å². The minimum absolute atomic E-state index is 0.0724. The highest BCUT2D eigenvalue weighted by atomic mass is 127. The van der Waals surface area contributed by atoms with E-state index in [0.717, 1.165) is 14.7 Å². The van der Waals surface area contributed by atoms with Crippen LogP contribution in [0.2, 0.25) is 0 Å². The molecule has 2 aromatic rings. The van der Waals surface area contributed by atoms with Gasteiger partial charge in [-0.15, -0.1) is 0 Å². The molecule has 0 bridgehead atoms. The van der Waals surface area contributed by atoms with Crippen LogP contribution in [0.15, 0.2) is 61.1 Å². The number of hydrogen-bond acceptors (Lipinski definition) is 2. The molecule has 114 valence electrons.